The topological polar surface area (TPSA) is 38.8 Å². The Morgan fingerprint density at radius 2 is 1.84 bits per heavy atom. The van der Waals surface area contributed by atoms with Crippen molar-refractivity contribution in [1.29, 1.82) is 0 Å². The molecule has 7 heteroatoms. The van der Waals surface area contributed by atoms with Crippen molar-refractivity contribution in [3.8, 4) is 11.5 Å². The number of thioether (sulfide) groups is 1. The van der Waals surface area contributed by atoms with E-state index >= 15 is 0 Å². The van der Waals surface area contributed by atoms with Gasteiger partial charge in [-0.05, 0) is 35.9 Å². The fraction of sp³-hybridized carbons (Fsp3) is 0.111. The fourth-order valence-electron chi connectivity index (χ4n) is 2.36. The minimum Gasteiger partial charge on any atom is -0.497 e. The largest absolute Gasteiger partial charge is 0.497 e. The highest BCUT2D eigenvalue weighted by atomic mass is 32.2. The van der Waals surface area contributed by atoms with E-state index in [0.717, 1.165) is 5.56 Å². The number of hydrogen-bond donors (Lipinski definition) is 0. The smallest absolute Gasteiger partial charge is 0.270 e. The molecule has 0 spiro atoms. The maximum atomic E-state index is 13.0. The summed E-state index contributed by atoms with van der Waals surface area (Å²) in [5, 5.41) is 0. The van der Waals surface area contributed by atoms with Crippen LogP contribution in [0, 0.1) is 5.82 Å². The Labute approximate surface area is 154 Å². The number of hydrogen-bond acceptors (Lipinski definition) is 5. The van der Waals surface area contributed by atoms with Gasteiger partial charge in [-0.1, -0.05) is 36.1 Å². The highest BCUT2D eigenvalue weighted by Gasteiger charge is 2.35. The molecule has 0 aliphatic carbocycles. The number of carbonyl (C=O) groups excluding carboxylic acids is 1. The molecule has 1 heterocycles. The van der Waals surface area contributed by atoms with Crippen LogP contribution >= 0.6 is 24.0 Å². The number of amides is 1. The van der Waals surface area contributed by atoms with E-state index in [9.17, 15) is 9.18 Å². The lowest BCUT2D eigenvalue weighted by Crippen LogP contribution is -2.28. The number of nitrogens with zero attached hydrogens (tertiary/aromatic N) is 1. The van der Waals surface area contributed by atoms with Crippen LogP contribution in [-0.2, 0) is 4.79 Å². The molecular weight excluding hydrogens is 361 g/mol. The average molecular weight is 375 g/mol. The summed E-state index contributed by atoms with van der Waals surface area (Å²) in [6.45, 7) is 0. The van der Waals surface area contributed by atoms with E-state index in [1.807, 2.05) is 0 Å². The molecule has 2 aromatic carbocycles. The van der Waals surface area contributed by atoms with Crippen LogP contribution < -0.4 is 14.4 Å². The van der Waals surface area contributed by atoms with Gasteiger partial charge >= 0.3 is 0 Å². The van der Waals surface area contributed by atoms with Crippen LogP contribution in [0.2, 0.25) is 0 Å². The lowest BCUT2D eigenvalue weighted by molar-refractivity contribution is -0.113. The minimum absolute atomic E-state index is 0.258. The highest BCUT2D eigenvalue weighted by molar-refractivity contribution is 8.27. The second-order valence-corrected chi connectivity index (χ2v) is 6.78. The van der Waals surface area contributed by atoms with E-state index in [1.54, 1.807) is 43.5 Å². The van der Waals surface area contributed by atoms with Gasteiger partial charge in [0, 0.05) is 6.07 Å². The first kappa shape index (κ1) is 17.4. The molecule has 0 aromatic heterocycles. The lowest BCUT2D eigenvalue weighted by Gasteiger charge is -2.18. The van der Waals surface area contributed by atoms with Gasteiger partial charge in [0.15, 0.2) is 4.32 Å². The SMILES string of the molecule is COc1ccc(OC)c(N2C(=O)/C(=C/c3ccc(F)cc3)SC2=S)c1. The van der Waals surface area contributed by atoms with Gasteiger partial charge in [-0.15, -0.1) is 0 Å². The number of methoxy groups -OCH3 is 2. The number of rotatable bonds is 4. The van der Waals surface area contributed by atoms with Crippen molar-refractivity contribution >= 4 is 46.0 Å². The molecule has 1 fully saturated rings. The lowest BCUT2D eigenvalue weighted by atomic mass is 10.2. The van der Waals surface area contributed by atoms with Crippen LogP contribution in [0.25, 0.3) is 6.08 Å². The summed E-state index contributed by atoms with van der Waals surface area (Å²) in [7, 11) is 3.07. The normalized spacial score (nSPS) is 15.8. The molecule has 128 valence electrons. The molecule has 1 saturated heterocycles. The maximum absolute atomic E-state index is 13.0. The minimum atomic E-state index is -0.328. The third kappa shape index (κ3) is 3.52. The Hall–Kier alpha value is -2.38. The Balaban J connectivity index is 1.98. The standard InChI is InChI=1S/C18H14FNO3S2/c1-22-13-7-8-15(23-2)14(10-13)20-17(21)16(25-18(20)24)9-11-3-5-12(19)6-4-11/h3-10H,1-2H3/b16-9-. The van der Waals surface area contributed by atoms with Crippen molar-refractivity contribution in [3.63, 3.8) is 0 Å². The first-order chi connectivity index (χ1) is 12.0. The second-order valence-electron chi connectivity index (χ2n) is 5.11. The van der Waals surface area contributed by atoms with Crippen molar-refractivity contribution in [3.05, 3.63) is 58.8 Å². The molecule has 4 nitrogen and oxygen atoms in total. The van der Waals surface area contributed by atoms with Crippen molar-refractivity contribution in [1.82, 2.24) is 0 Å². The molecule has 0 saturated carbocycles. The third-order valence-electron chi connectivity index (χ3n) is 3.59. The zero-order chi connectivity index (χ0) is 18.0. The number of ether oxygens (including phenoxy) is 2. The molecule has 25 heavy (non-hydrogen) atoms. The van der Waals surface area contributed by atoms with Crippen LogP contribution in [-0.4, -0.2) is 24.4 Å². The summed E-state index contributed by atoms with van der Waals surface area (Å²) in [6, 6.07) is 11.1. The van der Waals surface area contributed by atoms with Gasteiger partial charge in [-0.2, -0.15) is 0 Å². The van der Waals surface area contributed by atoms with Crippen molar-refractivity contribution < 1.29 is 18.7 Å². The number of halogens is 1. The van der Waals surface area contributed by atoms with E-state index in [1.165, 1.54) is 35.9 Å². The molecule has 2 aromatic rings. The summed E-state index contributed by atoms with van der Waals surface area (Å²) < 4.78 is 24.0. The Bertz CT molecular complexity index is 865. The van der Waals surface area contributed by atoms with Crippen molar-refractivity contribution in [2.24, 2.45) is 0 Å². The van der Waals surface area contributed by atoms with Gasteiger partial charge in [0.25, 0.3) is 5.91 Å². The summed E-state index contributed by atoms with van der Waals surface area (Å²) in [6.07, 6.45) is 1.69. The Morgan fingerprint density at radius 1 is 1.12 bits per heavy atom. The van der Waals surface area contributed by atoms with Gasteiger partial charge < -0.3 is 9.47 Å². The number of thiocarbonyl (C=S) groups is 1. The van der Waals surface area contributed by atoms with Gasteiger partial charge in [0.2, 0.25) is 0 Å². The van der Waals surface area contributed by atoms with Crippen LogP contribution in [0.15, 0.2) is 47.4 Å². The highest BCUT2D eigenvalue weighted by Crippen LogP contribution is 2.41. The Morgan fingerprint density at radius 3 is 2.48 bits per heavy atom. The second kappa shape index (κ2) is 7.25. The number of anilines is 1. The van der Waals surface area contributed by atoms with Crippen LogP contribution in [0.4, 0.5) is 10.1 Å². The summed E-state index contributed by atoms with van der Waals surface area (Å²) in [5.41, 5.74) is 1.24. The molecule has 0 bridgehead atoms. The van der Waals surface area contributed by atoms with Crippen LogP contribution in [0.3, 0.4) is 0 Å². The predicted molar refractivity (Wildman–Crippen MR) is 102 cm³/mol. The first-order valence-corrected chi connectivity index (χ1v) is 8.51. The molecule has 1 aliphatic rings. The molecule has 3 rings (SSSR count). The van der Waals surface area contributed by atoms with Crippen molar-refractivity contribution in [2.45, 2.75) is 0 Å². The molecule has 0 unspecified atom stereocenters. The zero-order valence-corrected chi connectivity index (χ0v) is 15.1. The quantitative estimate of drug-likeness (QED) is 0.590. The van der Waals surface area contributed by atoms with E-state index in [4.69, 9.17) is 21.7 Å². The van der Waals surface area contributed by atoms with Crippen LogP contribution in [0.5, 0.6) is 11.5 Å². The predicted octanol–water partition coefficient (Wildman–Crippen LogP) is 4.25. The average Bonchev–Trinajstić information content (AvgIpc) is 2.89. The summed E-state index contributed by atoms with van der Waals surface area (Å²) in [5.74, 6) is 0.518. The fourth-order valence-corrected chi connectivity index (χ4v) is 3.64. The van der Waals surface area contributed by atoms with Crippen molar-refractivity contribution in [2.75, 3.05) is 19.1 Å². The van der Waals surface area contributed by atoms with Gasteiger partial charge in [-0.25, -0.2) is 4.39 Å². The van der Waals surface area contributed by atoms with E-state index in [0.29, 0.717) is 26.4 Å². The molecule has 0 radical (unpaired) electrons. The monoisotopic (exact) mass is 375 g/mol. The molecule has 0 atom stereocenters. The molecule has 0 N–H and O–H groups in total. The molecular formula is C18H14FNO3S2. The van der Waals surface area contributed by atoms with Gasteiger partial charge in [0.05, 0.1) is 24.8 Å². The van der Waals surface area contributed by atoms with Gasteiger partial charge in [-0.3, -0.25) is 9.69 Å². The zero-order valence-electron chi connectivity index (χ0n) is 13.5. The summed E-state index contributed by atoms with van der Waals surface area (Å²) in [4.78, 5) is 14.7. The third-order valence-corrected chi connectivity index (χ3v) is 4.89. The molecule has 1 aliphatic heterocycles. The van der Waals surface area contributed by atoms with Crippen LogP contribution in [0.1, 0.15) is 5.56 Å². The van der Waals surface area contributed by atoms with Gasteiger partial charge in [0.1, 0.15) is 17.3 Å². The van der Waals surface area contributed by atoms with E-state index < -0.39 is 0 Å². The number of benzene rings is 2. The number of carbonyl (C=O) groups is 1. The summed E-state index contributed by atoms with van der Waals surface area (Å²) >= 11 is 6.56. The Kier molecular flexibility index (Phi) is 5.06. The van der Waals surface area contributed by atoms with E-state index in [-0.39, 0.29) is 11.7 Å². The maximum Gasteiger partial charge on any atom is 0.270 e. The first-order valence-electron chi connectivity index (χ1n) is 7.29. The van der Waals surface area contributed by atoms with E-state index in [2.05, 4.69) is 0 Å². The molecule has 1 amide bonds.